The van der Waals surface area contributed by atoms with Crippen molar-refractivity contribution in [3.8, 4) is 28.5 Å². The molecule has 26 heavy (non-hydrogen) atoms. The van der Waals surface area contributed by atoms with Gasteiger partial charge in [-0.15, -0.1) is 0 Å². The number of hydrogen-bond donors (Lipinski definition) is 1. The second-order valence-electron chi connectivity index (χ2n) is 5.65. The lowest BCUT2D eigenvalue weighted by Gasteiger charge is -2.16. The first-order valence-corrected chi connectivity index (χ1v) is 8.24. The Morgan fingerprint density at radius 1 is 0.962 bits per heavy atom. The maximum atomic E-state index is 9.73. The lowest BCUT2D eigenvalue weighted by atomic mass is 10.0. The average Bonchev–Trinajstić information content (AvgIpc) is 2.72. The quantitative estimate of drug-likeness (QED) is 0.701. The van der Waals surface area contributed by atoms with Crippen LogP contribution in [0.5, 0.6) is 17.4 Å². The molecule has 0 atom stereocenters. The van der Waals surface area contributed by atoms with Crippen LogP contribution in [0.15, 0.2) is 60.8 Å². The molecule has 0 saturated heterocycles. The Morgan fingerprint density at radius 2 is 1.77 bits per heavy atom. The molecule has 1 aromatic heterocycles. The van der Waals surface area contributed by atoms with Crippen LogP contribution in [-0.2, 0) is 13.2 Å². The minimum atomic E-state index is -0.132. The van der Waals surface area contributed by atoms with E-state index in [1.54, 1.807) is 26.5 Å². The second-order valence-corrected chi connectivity index (χ2v) is 5.65. The Morgan fingerprint density at radius 3 is 2.46 bits per heavy atom. The molecule has 0 fully saturated rings. The first-order chi connectivity index (χ1) is 12.8. The maximum absolute atomic E-state index is 9.73. The highest BCUT2D eigenvalue weighted by Crippen LogP contribution is 2.40. The molecule has 1 heterocycles. The molecule has 0 aliphatic rings. The van der Waals surface area contributed by atoms with Gasteiger partial charge in [0.1, 0.15) is 18.1 Å². The number of aliphatic hydroxyl groups is 1. The predicted molar refractivity (Wildman–Crippen MR) is 99.5 cm³/mol. The van der Waals surface area contributed by atoms with E-state index < -0.39 is 0 Å². The zero-order chi connectivity index (χ0) is 18.4. The fraction of sp³-hybridized carbons (Fsp3) is 0.190. The third-order valence-electron chi connectivity index (χ3n) is 4.05. The van der Waals surface area contributed by atoms with Gasteiger partial charge in [0.2, 0.25) is 5.88 Å². The molecule has 0 aliphatic carbocycles. The Balaban J connectivity index is 1.99. The lowest BCUT2D eigenvalue weighted by Crippen LogP contribution is -2.00. The Hall–Kier alpha value is -3.05. The summed E-state index contributed by atoms with van der Waals surface area (Å²) in [7, 11) is 3.15. The number of pyridine rings is 1. The van der Waals surface area contributed by atoms with E-state index in [1.807, 2.05) is 48.5 Å². The monoisotopic (exact) mass is 351 g/mol. The zero-order valence-corrected chi connectivity index (χ0v) is 14.8. The summed E-state index contributed by atoms with van der Waals surface area (Å²) in [4.78, 5) is 4.25. The number of ether oxygens (including phenoxy) is 3. The van der Waals surface area contributed by atoms with Crippen LogP contribution in [0.2, 0.25) is 0 Å². The molecule has 0 saturated carbocycles. The summed E-state index contributed by atoms with van der Waals surface area (Å²) in [6, 6.07) is 17.3. The summed E-state index contributed by atoms with van der Waals surface area (Å²) in [5.74, 6) is 1.77. The van der Waals surface area contributed by atoms with Crippen molar-refractivity contribution in [3.05, 3.63) is 71.9 Å². The van der Waals surface area contributed by atoms with Crippen molar-refractivity contribution in [3.63, 3.8) is 0 Å². The van der Waals surface area contributed by atoms with Crippen LogP contribution < -0.4 is 14.2 Å². The molecule has 5 nitrogen and oxygen atoms in total. The molecular formula is C21H21NO4. The summed E-state index contributed by atoms with van der Waals surface area (Å²) in [5, 5.41) is 9.73. The topological polar surface area (TPSA) is 60.8 Å². The van der Waals surface area contributed by atoms with Gasteiger partial charge in [0, 0.05) is 11.8 Å². The van der Waals surface area contributed by atoms with E-state index in [9.17, 15) is 5.11 Å². The Kier molecular flexibility index (Phi) is 5.71. The van der Waals surface area contributed by atoms with Gasteiger partial charge in [0.15, 0.2) is 0 Å². The van der Waals surface area contributed by atoms with Crippen molar-refractivity contribution >= 4 is 0 Å². The SMILES string of the molecule is COc1ccc(OCc2ccccc2)cc1-c1c(CO)ccnc1OC. The molecular weight excluding hydrogens is 330 g/mol. The number of hydrogen-bond acceptors (Lipinski definition) is 5. The lowest BCUT2D eigenvalue weighted by molar-refractivity contribution is 0.281. The number of nitrogens with zero attached hydrogens (tertiary/aromatic N) is 1. The van der Waals surface area contributed by atoms with E-state index in [4.69, 9.17) is 14.2 Å². The molecule has 0 unspecified atom stereocenters. The number of aromatic nitrogens is 1. The summed E-state index contributed by atoms with van der Waals surface area (Å²) in [6.45, 7) is 0.329. The molecule has 0 bridgehead atoms. The summed E-state index contributed by atoms with van der Waals surface area (Å²) in [6.07, 6.45) is 1.61. The van der Waals surface area contributed by atoms with Crippen molar-refractivity contribution in [1.82, 2.24) is 4.98 Å². The molecule has 3 rings (SSSR count). The van der Waals surface area contributed by atoms with E-state index in [2.05, 4.69) is 4.98 Å². The van der Waals surface area contributed by atoms with Gasteiger partial charge >= 0.3 is 0 Å². The Labute approximate surface area is 152 Å². The number of methoxy groups -OCH3 is 2. The van der Waals surface area contributed by atoms with Crippen molar-refractivity contribution in [2.24, 2.45) is 0 Å². The molecule has 0 spiro atoms. The van der Waals surface area contributed by atoms with Crippen molar-refractivity contribution < 1.29 is 19.3 Å². The van der Waals surface area contributed by atoms with Crippen molar-refractivity contribution in [2.45, 2.75) is 13.2 Å². The minimum absolute atomic E-state index is 0.132. The average molecular weight is 351 g/mol. The van der Waals surface area contributed by atoms with Crippen molar-refractivity contribution in [2.75, 3.05) is 14.2 Å². The van der Waals surface area contributed by atoms with Gasteiger partial charge < -0.3 is 19.3 Å². The van der Waals surface area contributed by atoms with Crippen LogP contribution in [-0.4, -0.2) is 24.3 Å². The van der Waals surface area contributed by atoms with Gasteiger partial charge in [-0.05, 0) is 35.4 Å². The van der Waals surface area contributed by atoms with Crippen molar-refractivity contribution in [1.29, 1.82) is 0 Å². The molecule has 0 amide bonds. The molecule has 2 aromatic carbocycles. The van der Waals surface area contributed by atoms with E-state index in [-0.39, 0.29) is 6.61 Å². The predicted octanol–water partition coefficient (Wildman–Crippen LogP) is 3.84. The molecule has 3 aromatic rings. The number of rotatable bonds is 7. The fourth-order valence-electron chi connectivity index (χ4n) is 2.77. The maximum Gasteiger partial charge on any atom is 0.221 e. The molecule has 134 valence electrons. The van der Waals surface area contributed by atoms with Gasteiger partial charge in [-0.1, -0.05) is 30.3 Å². The number of benzene rings is 2. The molecule has 0 radical (unpaired) electrons. The molecule has 1 N–H and O–H groups in total. The van der Waals surface area contributed by atoms with Crippen LogP contribution in [0.25, 0.3) is 11.1 Å². The largest absolute Gasteiger partial charge is 0.496 e. The summed E-state index contributed by atoms with van der Waals surface area (Å²) in [5.41, 5.74) is 3.24. The highest BCUT2D eigenvalue weighted by molar-refractivity contribution is 5.78. The minimum Gasteiger partial charge on any atom is -0.496 e. The van der Waals surface area contributed by atoms with E-state index in [0.717, 1.165) is 11.1 Å². The van der Waals surface area contributed by atoms with E-state index >= 15 is 0 Å². The van der Waals surface area contributed by atoms with E-state index in [1.165, 1.54) is 0 Å². The summed E-state index contributed by atoms with van der Waals surface area (Å²) >= 11 is 0. The van der Waals surface area contributed by atoms with Crippen LogP contribution in [0.4, 0.5) is 0 Å². The fourth-order valence-corrected chi connectivity index (χ4v) is 2.77. The van der Waals surface area contributed by atoms with Crippen LogP contribution in [0.1, 0.15) is 11.1 Å². The first kappa shape index (κ1) is 17.8. The van der Waals surface area contributed by atoms with Crippen LogP contribution in [0, 0.1) is 0 Å². The second kappa shape index (κ2) is 8.36. The normalized spacial score (nSPS) is 10.4. The third kappa shape index (κ3) is 3.78. The van der Waals surface area contributed by atoms with Gasteiger partial charge in [0.25, 0.3) is 0 Å². The Bertz CT molecular complexity index is 843. The molecule has 0 aliphatic heterocycles. The van der Waals surface area contributed by atoms with Crippen LogP contribution >= 0.6 is 0 Å². The first-order valence-electron chi connectivity index (χ1n) is 8.24. The smallest absolute Gasteiger partial charge is 0.221 e. The third-order valence-corrected chi connectivity index (χ3v) is 4.05. The number of aliphatic hydroxyl groups excluding tert-OH is 1. The van der Waals surface area contributed by atoms with Gasteiger partial charge in [-0.2, -0.15) is 0 Å². The summed E-state index contributed by atoms with van der Waals surface area (Å²) < 4.78 is 16.8. The van der Waals surface area contributed by atoms with Gasteiger partial charge in [0.05, 0.1) is 26.4 Å². The standard InChI is InChI=1S/C21H21NO4/c1-24-19-9-8-17(26-14-15-6-4-3-5-7-15)12-18(19)20-16(13-23)10-11-22-21(20)25-2/h3-12,23H,13-14H2,1-2H3. The van der Waals surface area contributed by atoms with E-state index in [0.29, 0.717) is 35.1 Å². The van der Waals surface area contributed by atoms with Crippen LogP contribution in [0.3, 0.4) is 0 Å². The van der Waals surface area contributed by atoms with Gasteiger partial charge in [-0.25, -0.2) is 4.98 Å². The van der Waals surface area contributed by atoms with Gasteiger partial charge in [-0.3, -0.25) is 0 Å². The zero-order valence-electron chi connectivity index (χ0n) is 14.8. The highest BCUT2D eigenvalue weighted by Gasteiger charge is 2.17. The highest BCUT2D eigenvalue weighted by atomic mass is 16.5. The molecule has 5 heteroatoms.